The van der Waals surface area contributed by atoms with Crippen molar-refractivity contribution in [1.82, 2.24) is 40.4 Å². The van der Waals surface area contributed by atoms with Crippen LogP contribution in [0.15, 0.2) is 109 Å². The van der Waals surface area contributed by atoms with Crippen LogP contribution in [0.5, 0.6) is 0 Å². The van der Waals surface area contributed by atoms with Crippen LogP contribution in [0.4, 0.5) is 0 Å². The number of aromatic nitrogens is 8. The number of tetrazole rings is 2. The molecule has 48 heavy (non-hydrogen) atoms. The minimum Gasteiger partial charge on any atom is -1.00 e. The number of allylic oxidation sites excluding steroid dienone is 2. The molecule has 0 N–H and O–H groups in total. The molecule has 238 valence electrons. The van der Waals surface area contributed by atoms with E-state index in [0.29, 0.717) is 7.25 Å². The Hall–Kier alpha value is -3.82. The molecule has 0 amide bonds. The molecule has 2 atom stereocenters. The third-order valence-electron chi connectivity index (χ3n) is 9.20. The second-order valence-electron chi connectivity index (χ2n) is 12.3. The first-order valence-corrected chi connectivity index (χ1v) is 24.5. The van der Waals surface area contributed by atoms with Crippen LogP contribution in [0, 0.1) is 0 Å². The Morgan fingerprint density at radius 2 is 1.00 bits per heavy atom. The molecule has 6 aromatic rings. The van der Waals surface area contributed by atoms with Gasteiger partial charge in [-0.05, 0) is 0 Å². The summed E-state index contributed by atoms with van der Waals surface area (Å²) in [7, 11) is 0. The van der Waals surface area contributed by atoms with E-state index in [1.54, 1.807) is 9.59 Å². The smallest absolute Gasteiger partial charge is 1.00 e. The molecule has 0 fully saturated rings. The normalized spacial score (nSPS) is 15.6. The molecular formula is C36H32Cl2N8SiZr. The molecular weight excluding hydrogens is 735 g/mol. The van der Waals surface area contributed by atoms with E-state index in [-0.39, 0.29) is 24.8 Å². The Balaban J connectivity index is 0.00000201. The van der Waals surface area contributed by atoms with Crippen molar-refractivity contribution in [1.29, 1.82) is 0 Å². The second-order valence-corrected chi connectivity index (χ2v) is 30.1. The van der Waals surface area contributed by atoms with E-state index in [0.717, 1.165) is 11.4 Å². The van der Waals surface area contributed by atoms with Crippen molar-refractivity contribution in [2.24, 2.45) is 0 Å². The summed E-state index contributed by atoms with van der Waals surface area (Å²) >= 11 is -2.42. The fourth-order valence-corrected chi connectivity index (χ4v) is 27.9. The summed E-state index contributed by atoms with van der Waals surface area (Å²) in [6.07, 6.45) is 7.83. The van der Waals surface area contributed by atoms with Gasteiger partial charge in [0.1, 0.15) is 0 Å². The fraction of sp³-hybridized carbons (Fsp3) is 0.167. The van der Waals surface area contributed by atoms with E-state index in [2.05, 4.69) is 155 Å². The molecule has 0 unspecified atom stereocenters. The monoisotopic (exact) mass is 764 g/mol. The Kier molecular flexibility index (Phi) is 9.91. The standard InChI is InChI=1S/2C17H13N4.C2H6Si.2ClH.Zr/c2*1-12-7-15-9-14(13-5-3-2-4-6-13)10-17(16(15)8-12)21-19-11-18-20-21;1-3-2;;;/h2*2-11H,1H3;1-2H3;2*1H;/q;;;;;+2/p-2. The van der Waals surface area contributed by atoms with Gasteiger partial charge in [0, 0.05) is 0 Å². The molecule has 0 saturated carbocycles. The van der Waals surface area contributed by atoms with Gasteiger partial charge in [-0.25, -0.2) is 0 Å². The molecule has 0 saturated heterocycles. The van der Waals surface area contributed by atoms with Gasteiger partial charge >= 0.3 is 277 Å². The van der Waals surface area contributed by atoms with Crippen molar-refractivity contribution in [2.75, 3.05) is 0 Å². The van der Waals surface area contributed by atoms with Gasteiger partial charge in [-0.1, -0.05) is 0 Å². The second kappa shape index (κ2) is 14.0. The Labute approximate surface area is 300 Å². The van der Waals surface area contributed by atoms with E-state index >= 15 is 0 Å². The number of benzene rings is 4. The first-order chi connectivity index (χ1) is 22.5. The maximum Gasteiger partial charge on any atom is -1.00 e. The average molecular weight is 767 g/mol. The number of hydrogen-bond donors (Lipinski definition) is 0. The molecule has 2 aromatic heterocycles. The minimum atomic E-state index is -2.42. The Morgan fingerprint density at radius 1 is 0.583 bits per heavy atom. The number of fused-ring (bicyclic) bond motifs is 2. The van der Waals surface area contributed by atoms with E-state index < -0.39 is 25.8 Å². The number of hydrogen-bond acceptors (Lipinski definition) is 6. The SMILES string of the molecule is CC1=Cc2c(cc(-c3ccccc3)cc2-n2ncnn2)[C@@H]1[Zr+2]([C@H]1C(C)=Cc2c1cc(-c1ccccc1)cc2-n1ncnn1)=[Si](C)C.[Cl-].[Cl-]. The van der Waals surface area contributed by atoms with E-state index in [4.69, 9.17) is 0 Å². The van der Waals surface area contributed by atoms with Crippen LogP contribution in [-0.4, -0.2) is 45.8 Å². The number of rotatable bonds is 6. The maximum absolute atomic E-state index is 4.48. The van der Waals surface area contributed by atoms with Crippen molar-refractivity contribution in [3.8, 4) is 33.6 Å². The summed E-state index contributed by atoms with van der Waals surface area (Å²) in [6, 6.07) is 30.6. The summed E-state index contributed by atoms with van der Waals surface area (Å²) < 4.78 is 0.861. The van der Waals surface area contributed by atoms with E-state index in [1.165, 1.54) is 68.3 Å². The summed E-state index contributed by atoms with van der Waals surface area (Å²) in [6.45, 7) is 9.80. The van der Waals surface area contributed by atoms with Gasteiger partial charge in [0.05, 0.1) is 0 Å². The van der Waals surface area contributed by atoms with Gasteiger partial charge in [0.15, 0.2) is 0 Å². The van der Waals surface area contributed by atoms with E-state index in [1.807, 2.05) is 0 Å². The minimum absolute atomic E-state index is 0. The zero-order valence-electron chi connectivity index (χ0n) is 26.9. The van der Waals surface area contributed by atoms with Gasteiger partial charge in [-0.3, -0.25) is 0 Å². The molecule has 2 heterocycles. The molecule has 0 radical (unpaired) electrons. The topological polar surface area (TPSA) is 87.2 Å². The average Bonchev–Trinajstić information content (AvgIpc) is 3.90. The number of nitrogens with zero attached hydrogens (tertiary/aromatic N) is 8. The van der Waals surface area contributed by atoms with Crippen LogP contribution in [0.25, 0.3) is 45.8 Å². The largest absolute Gasteiger partial charge is 1.00 e. The van der Waals surface area contributed by atoms with Crippen LogP contribution in [-0.2, 0) is 20.4 Å². The van der Waals surface area contributed by atoms with Gasteiger partial charge in [-0.15, -0.1) is 0 Å². The number of halogens is 2. The fourth-order valence-electron chi connectivity index (χ4n) is 7.27. The predicted molar refractivity (Wildman–Crippen MR) is 179 cm³/mol. The van der Waals surface area contributed by atoms with Gasteiger partial charge in [0.25, 0.3) is 0 Å². The van der Waals surface area contributed by atoms with E-state index in [9.17, 15) is 0 Å². The van der Waals surface area contributed by atoms with Crippen LogP contribution in [0.2, 0.25) is 13.1 Å². The quantitative estimate of drug-likeness (QED) is 0.239. The first kappa shape index (κ1) is 34.1. The summed E-state index contributed by atoms with van der Waals surface area (Å²) in [5.41, 5.74) is 14.3. The molecule has 0 bridgehead atoms. The molecule has 8 nitrogen and oxygen atoms in total. The van der Waals surface area contributed by atoms with Crippen molar-refractivity contribution in [2.45, 2.75) is 34.2 Å². The Morgan fingerprint density at radius 3 is 1.35 bits per heavy atom. The molecule has 2 aliphatic rings. The van der Waals surface area contributed by atoms with Crippen LogP contribution in [0.3, 0.4) is 0 Å². The van der Waals surface area contributed by atoms with Gasteiger partial charge in [-0.2, -0.15) is 0 Å². The summed E-state index contributed by atoms with van der Waals surface area (Å²) in [4.78, 5) is 3.37. The molecule has 4 aromatic carbocycles. The molecule has 12 heteroatoms. The van der Waals surface area contributed by atoms with Crippen molar-refractivity contribution >= 4 is 17.6 Å². The van der Waals surface area contributed by atoms with Crippen LogP contribution >= 0.6 is 0 Å². The van der Waals surface area contributed by atoms with Crippen molar-refractivity contribution < 1.29 is 45.2 Å². The zero-order chi connectivity index (χ0) is 31.4. The molecule has 8 rings (SSSR count). The third kappa shape index (κ3) is 5.89. The Bertz CT molecular complexity index is 2050. The maximum atomic E-state index is 4.48. The van der Waals surface area contributed by atoms with Gasteiger partial charge in [0.2, 0.25) is 0 Å². The zero-order valence-corrected chi connectivity index (χ0v) is 31.9. The molecule has 2 aliphatic carbocycles. The third-order valence-corrected chi connectivity index (χ3v) is 29.1. The van der Waals surface area contributed by atoms with Crippen LogP contribution in [0.1, 0.15) is 43.4 Å². The van der Waals surface area contributed by atoms with Crippen molar-refractivity contribution in [3.63, 3.8) is 0 Å². The van der Waals surface area contributed by atoms with Crippen molar-refractivity contribution in [3.05, 3.63) is 131 Å². The van der Waals surface area contributed by atoms with Crippen LogP contribution < -0.4 is 24.8 Å². The molecule has 0 spiro atoms. The van der Waals surface area contributed by atoms with Gasteiger partial charge < -0.3 is 24.8 Å². The molecule has 0 aliphatic heterocycles. The predicted octanol–water partition coefficient (Wildman–Crippen LogP) is 1.47. The summed E-state index contributed by atoms with van der Waals surface area (Å²) in [5.74, 6) is 0. The first-order valence-electron chi connectivity index (χ1n) is 15.4. The summed E-state index contributed by atoms with van der Waals surface area (Å²) in [5, 5.41) is 25.8.